The molecule has 1 aliphatic heterocycles. The third-order valence-electron chi connectivity index (χ3n) is 4.83. The van der Waals surface area contributed by atoms with Gasteiger partial charge in [-0.05, 0) is 59.6 Å². The highest BCUT2D eigenvalue weighted by Gasteiger charge is 2.27. The van der Waals surface area contributed by atoms with Crippen LogP contribution in [0, 0.1) is 5.92 Å². The molecule has 0 spiro atoms. The van der Waals surface area contributed by atoms with Gasteiger partial charge in [0.25, 0.3) is 0 Å². The zero-order chi connectivity index (χ0) is 19.7. The van der Waals surface area contributed by atoms with Crippen molar-refractivity contribution in [2.24, 2.45) is 5.92 Å². The molecule has 2 aromatic heterocycles. The summed E-state index contributed by atoms with van der Waals surface area (Å²) in [6.07, 6.45) is 3.32. The van der Waals surface area contributed by atoms with Crippen molar-refractivity contribution in [2.75, 3.05) is 18.4 Å². The van der Waals surface area contributed by atoms with Crippen molar-refractivity contribution < 1.29 is 9.21 Å². The fourth-order valence-electron chi connectivity index (χ4n) is 3.45. The van der Waals surface area contributed by atoms with Crippen LogP contribution in [0.25, 0.3) is 11.1 Å². The molecular formula is C19H18BrClN4O3. The summed E-state index contributed by atoms with van der Waals surface area (Å²) in [7, 11) is 0. The van der Waals surface area contributed by atoms with Crippen molar-refractivity contribution in [3.63, 3.8) is 0 Å². The van der Waals surface area contributed by atoms with Gasteiger partial charge < -0.3 is 9.73 Å². The van der Waals surface area contributed by atoms with Gasteiger partial charge in [0.05, 0.1) is 18.1 Å². The number of anilines is 1. The number of halogens is 2. The van der Waals surface area contributed by atoms with E-state index in [-0.39, 0.29) is 11.8 Å². The van der Waals surface area contributed by atoms with Gasteiger partial charge in [0.2, 0.25) is 5.91 Å². The van der Waals surface area contributed by atoms with Crippen LogP contribution in [0.2, 0.25) is 5.02 Å². The monoisotopic (exact) mass is 464 g/mol. The highest BCUT2D eigenvalue weighted by atomic mass is 79.9. The Kier molecular flexibility index (Phi) is 5.52. The molecule has 4 rings (SSSR count). The number of nitrogens with zero attached hydrogens (tertiary/aromatic N) is 3. The molecule has 1 aliphatic rings. The average molecular weight is 466 g/mol. The van der Waals surface area contributed by atoms with Crippen molar-refractivity contribution in [3.05, 3.63) is 56.6 Å². The van der Waals surface area contributed by atoms with E-state index >= 15 is 0 Å². The summed E-state index contributed by atoms with van der Waals surface area (Å²) in [5.74, 6) is -0.125. The van der Waals surface area contributed by atoms with Crippen LogP contribution in [0.15, 0.2) is 50.2 Å². The second-order valence-electron chi connectivity index (χ2n) is 6.82. The van der Waals surface area contributed by atoms with Crippen molar-refractivity contribution >= 4 is 50.4 Å². The number of aromatic nitrogens is 2. The van der Waals surface area contributed by atoms with Crippen LogP contribution in [0.3, 0.4) is 0 Å². The van der Waals surface area contributed by atoms with Gasteiger partial charge in [-0.1, -0.05) is 11.6 Å². The Morgan fingerprint density at radius 3 is 3.00 bits per heavy atom. The van der Waals surface area contributed by atoms with E-state index in [9.17, 15) is 9.59 Å². The van der Waals surface area contributed by atoms with Crippen LogP contribution < -0.4 is 11.1 Å². The molecule has 0 saturated carbocycles. The van der Waals surface area contributed by atoms with Gasteiger partial charge in [-0.15, -0.1) is 0 Å². The predicted molar refractivity (Wildman–Crippen MR) is 110 cm³/mol. The van der Waals surface area contributed by atoms with Crippen molar-refractivity contribution in [1.29, 1.82) is 0 Å². The minimum atomic E-state index is -0.428. The Labute approximate surface area is 174 Å². The van der Waals surface area contributed by atoms with Crippen LogP contribution >= 0.6 is 27.5 Å². The van der Waals surface area contributed by atoms with Crippen LogP contribution in [0.1, 0.15) is 12.8 Å². The quantitative estimate of drug-likeness (QED) is 0.635. The Balaban J connectivity index is 1.45. The van der Waals surface area contributed by atoms with Crippen molar-refractivity contribution in [2.45, 2.75) is 19.5 Å². The van der Waals surface area contributed by atoms with Gasteiger partial charge in [-0.25, -0.2) is 9.78 Å². The molecule has 0 bridgehead atoms. The number of likely N-dealkylation sites (tertiary alicyclic amines) is 1. The standard InChI is InChI=1S/C19H18BrClN4O3/c20-13-3-6-17(22-9-13)23-18(26)12-2-1-7-24(10-12)11-25-15-5-4-14(21)8-16(15)28-19(25)27/h3-6,8-9,12H,1-2,7,10-11H2,(H,22,23,26)/t12-/m0/s1. The number of carbonyl (C=O) groups excluding carboxylic acids is 1. The normalized spacial score (nSPS) is 17.7. The highest BCUT2D eigenvalue weighted by Crippen LogP contribution is 2.22. The van der Waals surface area contributed by atoms with Crippen LogP contribution in [-0.4, -0.2) is 33.4 Å². The minimum Gasteiger partial charge on any atom is -0.408 e. The van der Waals surface area contributed by atoms with Gasteiger partial charge in [0, 0.05) is 28.3 Å². The van der Waals surface area contributed by atoms with E-state index in [1.165, 1.54) is 0 Å². The summed E-state index contributed by atoms with van der Waals surface area (Å²) < 4.78 is 7.72. The second-order valence-corrected chi connectivity index (χ2v) is 8.17. The molecule has 146 valence electrons. The molecule has 1 fully saturated rings. The number of rotatable bonds is 4. The molecule has 0 aliphatic carbocycles. The zero-order valence-corrected chi connectivity index (χ0v) is 17.2. The van der Waals surface area contributed by atoms with Crippen molar-refractivity contribution in [1.82, 2.24) is 14.5 Å². The molecule has 0 radical (unpaired) electrons. The first-order chi connectivity index (χ1) is 13.5. The summed E-state index contributed by atoms with van der Waals surface area (Å²) in [6, 6.07) is 8.72. The van der Waals surface area contributed by atoms with Gasteiger partial charge in [0.15, 0.2) is 5.58 Å². The largest absolute Gasteiger partial charge is 0.421 e. The maximum absolute atomic E-state index is 12.6. The number of nitrogens with one attached hydrogen (secondary N) is 1. The molecule has 9 heteroatoms. The Bertz CT molecular complexity index is 1060. The Morgan fingerprint density at radius 2 is 2.21 bits per heavy atom. The minimum absolute atomic E-state index is 0.0595. The maximum atomic E-state index is 12.6. The summed E-state index contributed by atoms with van der Waals surface area (Å²) >= 11 is 9.29. The van der Waals surface area contributed by atoms with Gasteiger partial charge in [0.1, 0.15) is 5.82 Å². The number of benzene rings is 1. The van der Waals surface area contributed by atoms with Gasteiger partial charge in [-0.2, -0.15) is 0 Å². The van der Waals surface area contributed by atoms with Crippen molar-refractivity contribution in [3.8, 4) is 0 Å². The maximum Gasteiger partial charge on any atom is 0.421 e. The topological polar surface area (TPSA) is 80.4 Å². The number of piperidine rings is 1. The van der Waals surface area contributed by atoms with E-state index in [4.69, 9.17) is 16.0 Å². The number of fused-ring (bicyclic) bond motifs is 1. The fraction of sp³-hybridized carbons (Fsp3) is 0.316. The number of amides is 1. The molecule has 7 nitrogen and oxygen atoms in total. The van der Waals surface area contributed by atoms with E-state index in [1.54, 1.807) is 35.0 Å². The predicted octanol–water partition coefficient (Wildman–Crippen LogP) is 3.71. The lowest BCUT2D eigenvalue weighted by molar-refractivity contribution is -0.121. The lowest BCUT2D eigenvalue weighted by Crippen LogP contribution is -2.42. The lowest BCUT2D eigenvalue weighted by atomic mass is 9.97. The van der Waals surface area contributed by atoms with E-state index in [2.05, 4.69) is 31.1 Å². The molecular weight excluding hydrogens is 448 g/mol. The molecule has 1 N–H and O–H groups in total. The first-order valence-electron chi connectivity index (χ1n) is 8.93. The number of hydrogen-bond donors (Lipinski definition) is 1. The lowest BCUT2D eigenvalue weighted by Gasteiger charge is -2.31. The molecule has 1 amide bonds. The molecule has 1 atom stereocenters. The summed E-state index contributed by atoms with van der Waals surface area (Å²) in [6.45, 7) is 1.75. The molecule has 3 aromatic rings. The molecule has 28 heavy (non-hydrogen) atoms. The Morgan fingerprint density at radius 1 is 1.36 bits per heavy atom. The zero-order valence-electron chi connectivity index (χ0n) is 14.9. The fourth-order valence-corrected chi connectivity index (χ4v) is 3.85. The SMILES string of the molecule is O=C(Nc1ccc(Br)cn1)[C@H]1CCCN(Cn2c(=O)oc3cc(Cl)ccc32)C1. The number of oxazole rings is 1. The first kappa shape index (κ1) is 19.2. The summed E-state index contributed by atoms with van der Waals surface area (Å²) in [5.41, 5.74) is 1.16. The third-order valence-corrected chi connectivity index (χ3v) is 5.53. The van der Waals surface area contributed by atoms with Crippen LogP contribution in [-0.2, 0) is 11.5 Å². The molecule has 3 heterocycles. The number of carbonyl (C=O) groups is 1. The molecule has 1 aromatic carbocycles. The van der Waals surface area contributed by atoms with E-state index in [1.807, 2.05) is 6.07 Å². The van der Waals surface area contributed by atoms with Crippen LogP contribution in [0.4, 0.5) is 5.82 Å². The molecule has 0 unspecified atom stereocenters. The van der Waals surface area contributed by atoms with Gasteiger partial charge >= 0.3 is 5.76 Å². The highest BCUT2D eigenvalue weighted by molar-refractivity contribution is 9.10. The van der Waals surface area contributed by atoms with E-state index in [0.29, 0.717) is 35.2 Å². The third kappa shape index (κ3) is 4.14. The number of hydrogen-bond acceptors (Lipinski definition) is 5. The summed E-state index contributed by atoms with van der Waals surface area (Å²) in [4.78, 5) is 31.1. The number of pyridine rings is 1. The second kappa shape index (κ2) is 8.06. The Hall–Kier alpha value is -2.16. The van der Waals surface area contributed by atoms with E-state index < -0.39 is 5.76 Å². The van der Waals surface area contributed by atoms with Gasteiger partial charge in [-0.3, -0.25) is 14.3 Å². The first-order valence-corrected chi connectivity index (χ1v) is 10.1. The van der Waals surface area contributed by atoms with E-state index in [0.717, 1.165) is 23.9 Å². The average Bonchev–Trinajstić information content (AvgIpc) is 2.98. The van der Waals surface area contributed by atoms with Crippen LogP contribution in [0.5, 0.6) is 0 Å². The summed E-state index contributed by atoms with van der Waals surface area (Å²) in [5, 5.41) is 3.38. The smallest absolute Gasteiger partial charge is 0.408 e. The molecule has 1 saturated heterocycles.